The molecule has 3 atom stereocenters. The average molecular weight is 267 g/mol. The van der Waals surface area contributed by atoms with Crippen LogP contribution in [-0.2, 0) is 0 Å². The van der Waals surface area contributed by atoms with Crippen molar-refractivity contribution in [3.8, 4) is 11.5 Å². The Morgan fingerprint density at radius 2 is 2.20 bits per heavy atom. The number of nitrogens with one attached hydrogen (secondary N) is 1. The molecule has 0 amide bonds. The Hall–Kier alpha value is -2.10. The molecule has 4 nitrogen and oxygen atoms in total. The van der Waals surface area contributed by atoms with Crippen LogP contribution in [0, 0.1) is 18.8 Å². The lowest BCUT2D eigenvalue weighted by atomic mass is 9.71. The van der Waals surface area contributed by atoms with Crippen LogP contribution >= 0.6 is 0 Å². The summed E-state index contributed by atoms with van der Waals surface area (Å²) in [7, 11) is 0. The van der Waals surface area contributed by atoms with Crippen LogP contribution in [0.15, 0.2) is 40.9 Å². The van der Waals surface area contributed by atoms with Gasteiger partial charge < -0.3 is 9.84 Å². The van der Waals surface area contributed by atoms with Crippen LogP contribution < -0.4 is 5.32 Å². The molecule has 1 N–H and O–H groups in total. The number of rotatable bonds is 3. The van der Waals surface area contributed by atoms with E-state index in [4.69, 9.17) is 4.52 Å². The van der Waals surface area contributed by atoms with Crippen molar-refractivity contribution in [3.05, 3.63) is 42.2 Å². The maximum absolute atomic E-state index is 5.30. The second-order valence-corrected chi connectivity index (χ2v) is 5.68. The van der Waals surface area contributed by atoms with Gasteiger partial charge in [-0.3, -0.25) is 0 Å². The Morgan fingerprint density at radius 1 is 1.30 bits per heavy atom. The molecule has 0 radical (unpaired) electrons. The maximum Gasteiger partial charge on any atom is 0.260 e. The predicted molar refractivity (Wildman–Crippen MR) is 77.2 cm³/mol. The molecule has 1 heterocycles. The normalized spacial score (nSPS) is 27.1. The standard InChI is InChI=1S/C16H17N3O/c1-10-17-16(20-19-10)13-6-2-3-8-14(13)18-15-9-11-5-4-7-12(11)15/h2-4,6-8,11-12,15,18H,5,9H2,1H3. The molecular weight excluding hydrogens is 250 g/mol. The summed E-state index contributed by atoms with van der Waals surface area (Å²) in [4.78, 5) is 4.33. The zero-order valence-electron chi connectivity index (χ0n) is 11.4. The Labute approximate surface area is 117 Å². The fourth-order valence-corrected chi connectivity index (χ4v) is 3.29. The first-order valence-corrected chi connectivity index (χ1v) is 7.14. The van der Waals surface area contributed by atoms with Gasteiger partial charge in [-0.2, -0.15) is 4.98 Å². The largest absolute Gasteiger partial charge is 0.381 e. The Balaban J connectivity index is 1.60. The number of aryl methyl sites for hydroxylation is 1. The number of hydrogen-bond donors (Lipinski definition) is 1. The molecule has 4 rings (SSSR count). The molecule has 1 aromatic carbocycles. The topological polar surface area (TPSA) is 51.0 Å². The number of allylic oxidation sites excluding steroid dienone is 1. The lowest BCUT2D eigenvalue weighted by Gasteiger charge is -2.41. The van der Waals surface area contributed by atoms with Gasteiger partial charge in [0.05, 0.1) is 5.56 Å². The Kier molecular flexibility index (Phi) is 2.62. The first kappa shape index (κ1) is 11.7. The second-order valence-electron chi connectivity index (χ2n) is 5.68. The average Bonchev–Trinajstić information content (AvgIpc) is 3.03. The molecule has 4 heteroatoms. The van der Waals surface area contributed by atoms with Gasteiger partial charge in [0.25, 0.3) is 5.89 Å². The van der Waals surface area contributed by atoms with E-state index in [1.807, 2.05) is 25.1 Å². The van der Waals surface area contributed by atoms with E-state index in [0.29, 0.717) is 23.7 Å². The minimum atomic E-state index is 0.531. The van der Waals surface area contributed by atoms with Gasteiger partial charge >= 0.3 is 0 Å². The minimum Gasteiger partial charge on any atom is -0.381 e. The van der Waals surface area contributed by atoms with E-state index in [1.54, 1.807) is 0 Å². The summed E-state index contributed by atoms with van der Waals surface area (Å²) >= 11 is 0. The van der Waals surface area contributed by atoms with Crippen molar-refractivity contribution in [1.82, 2.24) is 10.1 Å². The molecule has 2 aliphatic carbocycles. The highest BCUT2D eigenvalue weighted by molar-refractivity contribution is 5.72. The molecule has 1 saturated carbocycles. The second kappa shape index (κ2) is 4.47. The van der Waals surface area contributed by atoms with Crippen LogP contribution in [0.5, 0.6) is 0 Å². The third kappa shape index (κ3) is 1.83. The van der Waals surface area contributed by atoms with Gasteiger partial charge in [0.1, 0.15) is 0 Å². The highest BCUT2D eigenvalue weighted by Crippen LogP contribution is 2.44. The summed E-state index contributed by atoms with van der Waals surface area (Å²) in [6.07, 6.45) is 7.15. The smallest absolute Gasteiger partial charge is 0.260 e. The summed E-state index contributed by atoms with van der Waals surface area (Å²) in [6, 6.07) is 8.68. The van der Waals surface area contributed by atoms with Crippen LogP contribution in [0.3, 0.4) is 0 Å². The van der Waals surface area contributed by atoms with Gasteiger partial charge in [0.2, 0.25) is 0 Å². The van der Waals surface area contributed by atoms with Crippen LogP contribution in [-0.4, -0.2) is 16.2 Å². The number of para-hydroxylation sites is 1. The molecule has 0 spiro atoms. The van der Waals surface area contributed by atoms with E-state index < -0.39 is 0 Å². The van der Waals surface area contributed by atoms with Crippen molar-refractivity contribution < 1.29 is 4.52 Å². The third-order valence-electron chi connectivity index (χ3n) is 4.39. The van der Waals surface area contributed by atoms with Crippen molar-refractivity contribution >= 4 is 5.69 Å². The monoisotopic (exact) mass is 267 g/mol. The molecule has 1 aromatic heterocycles. The highest BCUT2D eigenvalue weighted by atomic mass is 16.5. The van der Waals surface area contributed by atoms with Crippen molar-refractivity contribution in [2.75, 3.05) is 5.32 Å². The van der Waals surface area contributed by atoms with Crippen molar-refractivity contribution in [3.63, 3.8) is 0 Å². The van der Waals surface area contributed by atoms with Crippen LogP contribution in [0.4, 0.5) is 5.69 Å². The summed E-state index contributed by atoms with van der Waals surface area (Å²) in [5, 5.41) is 7.52. The van der Waals surface area contributed by atoms with Gasteiger partial charge in [-0.05, 0) is 37.8 Å². The molecule has 1 fully saturated rings. The molecule has 0 bridgehead atoms. The van der Waals surface area contributed by atoms with Gasteiger partial charge in [-0.25, -0.2) is 0 Å². The SMILES string of the molecule is Cc1noc(-c2ccccc2NC2CC3CC=CC32)n1. The zero-order chi connectivity index (χ0) is 13.5. The maximum atomic E-state index is 5.30. The number of aromatic nitrogens is 2. The van der Waals surface area contributed by atoms with E-state index in [9.17, 15) is 0 Å². The van der Waals surface area contributed by atoms with E-state index in [1.165, 1.54) is 12.8 Å². The number of nitrogens with zero attached hydrogens (tertiary/aromatic N) is 2. The molecule has 2 aromatic rings. The summed E-state index contributed by atoms with van der Waals surface area (Å²) in [5.74, 6) is 2.79. The molecule has 0 saturated heterocycles. The van der Waals surface area contributed by atoms with Crippen LogP contribution in [0.1, 0.15) is 18.7 Å². The van der Waals surface area contributed by atoms with Gasteiger partial charge in [-0.15, -0.1) is 0 Å². The molecule has 2 aliphatic rings. The first-order chi connectivity index (χ1) is 9.81. The number of fused-ring (bicyclic) bond motifs is 1. The van der Waals surface area contributed by atoms with E-state index in [2.05, 4.69) is 33.7 Å². The quantitative estimate of drug-likeness (QED) is 0.866. The lowest BCUT2D eigenvalue weighted by molar-refractivity contribution is 0.218. The van der Waals surface area contributed by atoms with E-state index in [-0.39, 0.29) is 0 Å². The first-order valence-electron chi connectivity index (χ1n) is 7.14. The van der Waals surface area contributed by atoms with Crippen molar-refractivity contribution in [2.24, 2.45) is 11.8 Å². The summed E-state index contributed by atoms with van der Waals surface area (Å²) < 4.78 is 5.30. The number of benzene rings is 1. The molecular formula is C16H17N3O. The molecule has 102 valence electrons. The zero-order valence-corrected chi connectivity index (χ0v) is 11.4. The number of anilines is 1. The van der Waals surface area contributed by atoms with E-state index in [0.717, 1.165) is 17.2 Å². The summed E-state index contributed by atoms with van der Waals surface area (Å²) in [6.45, 7) is 1.84. The predicted octanol–water partition coefficient (Wildman–Crippen LogP) is 3.42. The highest BCUT2D eigenvalue weighted by Gasteiger charge is 2.41. The van der Waals surface area contributed by atoms with Gasteiger partial charge in [0, 0.05) is 17.6 Å². The minimum absolute atomic E-state index is 0.531. The molecule has 20 heavy (non-hydrogen) atoms. The van der Waals surface area contributed by atoms with Gasteiger partial charge in [0.15, 0.2) is 5.82 Å². The van der Waals surface area contributed by atoms with Crippen LogP contribution in [0.2, 0.25) is 0 Å². The lowest BCUT2D eigenvalue weighted by Crippen LogP contribution is -2.43. The Morgan fingerprint density at radius 3 is 3.00 bits per heavy atom. The molecule has 0 aliphatic heterocycles. The fourth-order valence-electron chi connectivity index (χ4n) is 3.29. The number of hydrogen-bond acceptors (Lipinski definition) is 4. The van der Waals surface area contributed by atoms with Gasteiger partial charge in [-0.1, -0.05) is 29.4 Å². The van der Waals surface area contributed by atoms with Crippen molar-refractivity contribution in [2.45, 2.75) is 25.8 Å². The fraction of sp³-hybridized carbons (Fsp3) is 0.375. The molecule has 3 unspecified atom stereocenters. The van der Waals surface area contributed by atoms with E-state index >= 15 is 0 Å². The third-order valence-corrected chi connectivity index (χ3v) is 4.39. The Bertz CT molecular complexity index is 661. The van der Waals surface area contributed by atoms with Crippen LogP contribution in [0.25, 0.3) is 11.5 Å². The summed E-state index contributed by atoms with van der Waals surface area (Å²) in [5.41, 5.74) is 2.07. The van der Waals surface area contributed by atoms with Crippen molar-refractivity contribution in [1.29, 1.82) is 0 Å².